The Bertz CT molecular complexity index is 1070. The first-order valence-electron chi connectivity index (χ1n) is 8.56. The lowest BCUT2D eigenvalue weighted by atomic mass is 9.83. The predicted molar refractivity (Wildman–Crippen MR) is 97.1 cm³/mol. The van der Waals surface area contributed by atoms with E-state index in [0.717, 1.165) is 43.1 Å². The number of H-pyrrole nitrogens is 1. The molecule has 3 aromatic heterocycles. The van der Waals surface area contributed by atoms with Gasteiger partial charge in [-0.1, -0.05) is 6.07 Å². The highest BCUT2D eigenvalue weighted by molar-refractivity contribution is 7.17. The number of hydrogen-bond acceptors (Lipinski definition) is 5. The maximum atomic E-state index is 12.2. The van der Waals surface area contributed by atoms with Crippen LogP contribution in [0.5, 0.6) is 0 Å². The Morgan fingerprint density at radius 1 is 1.20 bits per heavy atom. The summed E-state index contributed by atoms with van der Waals surface area (Å²) in [4.78, 5) is 34.1. The normalized spacial score (nSPS) is 22.9. The number of aromatic amines is 1. The van der Waals surface area contributed by atoms with Gasteiger partial charge in [-0.15, -0.1) is 11.3 Å². The molecule has 2 atom stereocenters. The van der Waals surface area contributed by atoms with Crippen molar-refractivity contribution in [3.8, 4) is 0 Å². The molecule has 0 unspecified atom stereocenters. The fourth-order valence-corrected chi connectivity index (χ4v) is 5.06. The maximum Gasteiger partial charge on any atom is 0.268 e. The quantitative estimate of drug-likeness (QED) is 0.761. The molecular weight excluding hydrogens is 336 g/mol. The van der Waals surface area contributed by atoms with Gasteiger partial charge in [0.05, 0.1) is 12.1 Å². The zero-order chi connectivity index (χ0) is 17.0. The Morgan fingerprint density at radius 2 is 2.12 bits per heavy atom. The van der Waals surface area contributed by atoms with Crippen molar-refractivity contribution in [1.82, 2.24) is 19.4 Å². The molecule has 0 spiro atoms. The first kappa shape index (κ1) is 15.0. The molecule has 1 saturated heterocycles. The molecule has 2 aliphatic heterocycles. The molecule has 5 heterocycles. The average molecular weight is 354 g/mol. The van der Waals surface area contributed by atoms with Gasteiger partial charge >= 0.3 is 0 Å². The zero-order valence-corrected chi connectivity index (χ0v) is 14.5. The highest BCUT2D eigenvalue weighted by Crippen LogP contribution is 2.35. The van der Waals surface area contributed by atoms with E-state index in [0.29, 0.717) is 23.1 Å². The van der Waals surface area contributed by atoms with Crippen LogP contribution in [0.3, 0.4) is 0 Å². The molecule has 3 aromatic rings. The van der Waals surface area contributed by atoms with Crippen molar-refractivity contribution in [2.75, 3.05) is 13.1 Å². The number of likely N-dealkylation sites (tertiary alicyclic amines) is 1. The molecule has 0 saturated carbocycles. The van der Waals surface area contributed by atoms with Crippen molar-refractivity contribution >= 4 is 21.6 Å². The predicted octanol–water partition coefficient (Wildman–Crippen LogP) is 1.77. The van der Waals surface area contributed by atoms with Crippen molar-refractivity contribution in [2.24, 2.45) is 5.92 Å². The summed E-state index contributed by atoms with van der Waals surface area (Å²) in [6.45, 7) is 3.26. The molecule has 1 fully saturated rings. The standard InChI is InChI=1S/C18H18N4O2S/c23-16-3-1-2-14-12-6-11(8-22(14)16)7-21(9-12)10-15-19-13-4-5-25-17(13)18(24)20-15/h1-5,11-12H,6-10H2,(H,19,20,24)/t11-,12+/m1/s1. The van der Waals surface area contributed by atoms with Crippen LogP contribution < -0.4 is 11.1 Å². The fraction of sp³-hybridized carbons (Fsp3) is 0.389. The molecule has 0 amide bonds. The topological polar surface area (TPSA) is 71.0 Å². The Balaban J connectivity index is 1.43. The molecule has 0 radical (unpaired) electrons. The highest BCUT2D eigenvalue weighted by Gasteiger charge is 2.34. The number of thiophene rings is 1. The second kappa shape index (κ2) is 5.64. The summed E-state index contributed by atoms with van der Waals surface area (Å²) in [6, 6.07) is 7.47. The van der Waals surface area contributed by atoms with E-state index in [1.807, 2.05) is 22.1 Å². The van der Waals surface area contributed by atoms with Crippen LogP contribution in [0.25, 0.3) is 10.2 Å². The summed E-state index contributed by atoms with van der Waals surface area (Å²) in [6.07, 6.45) is 1.13. The van der Waals surface area contributed by atoms with Gasteiger partial charge in [-0.05, 0) is 29.9 Å². The average Bonchev–Trinajstić information content (AvgIpc) is 3.05. The van der Waals surface area contributed by atoms with Gasteiger partial charge in [0.15, 0.2) is 0 Å². The van der Waals surface area contributed by atoms with Crippen molar-refractivity contribution in [2.45, 2.75) is 25.4 Å². The number of nitrogens with zero attached hydrogens (tertiary/aromatic N) is 3. The third-order valence-electron chi connectivity index (χ3n) is 5.29. The molecule has 0 aliphatic carbocycles. The maximum absolute atomic E-state index is 12.2. The molecule has 128 valence electrons. The van der Waals surface area contributed by atoms with E-state index in [9.17, 15) is 9.59 Å². The lowest BCUT2D eigenvalue weighted by molar-refractivity contribution is 0.112. The lowest BCUT2D eigenvalue weighted by Crippen LogP contribution is -2.46. The number of aromatic nitrogens is 3. The van der Waals surface area contributed by atoms with Gasteiger partial charge < -0.3 is 9.55 Å². The third-order valence-corrected chi connectivity index (χ3v) is 6.20. The minimum Gasteiger partial charge on any atom is -0.312 e. The summed E-state index contributed by atoms with van der Waals surface area (Å²) >= 11 is 1.42. The van der Waals surface area contributed by atoms with E-state index in [-0.39, 0.29) is 11.1 Å². The van der Waals surface area contributed by atoms with Gasteiger partial charge in [-0.3, -0.25) is 14.5 Å². The van der Waals surface area contributed by atoms with Crippen LogP contribution in [0.15, 0.2) is 39.2 Å². The number of fused-ring (bicyclic) bond motifs is 5. The Hall–Kier alpha value is -2.25. The van der Waals surface area contributed by atoms with E-state index in [1.165, 1.54) is 11.3 Å². The highest BCUT2D eigenvalue weighted by atomic mass is 32.1. The van der Waals surface area contributed by atoms with Crippen LogP contribution >= 0.6 is 11.3 Å². The Kier molecular flexibility index (Phi) is 3.39. The lowest BCUT2D eigenvalue weighted by Gasteiger charge is -2.42. The van der Waals surface area contributed by atoms with Crippen molar-refractivity contribution in [3.05, 3.63) is 61.9 Å². The van der Waals surface area contributed by atoms with E-state index in [2.05, 4.69) is 20.9 Å². The molecule has 2 bridgehead atoms. The smallest absolute Gasteiger partial charge is 0.268 e. The Morgan fingerprint density at radius 3 is 3.04 bits per heavy atom. The van der Waals surface area contributed by atoms with E-state index < -0.39 is 0 Å². The summed E-state index contributed by atoms with van der Waals surface area (Å²) in [7, 11) is 0. The molecule has 0 aromatic carbocycles. The molecular formula is C18H18N4O2S. The molecule has 5 rings (SSSR count). The number of pyridine rings is 1. The van der Waals surface area contributed by atoms with E-state index in [4.69, 9.17) is 0 Å². The minimum absolute atomic E-state index is 0.0518. The molecule has 7 heteroatoms. The van der Waals surface area contributed by atoms with Gasteiger partial charge in [0.25, 0.3) is 11.1 Å². The van der Waals surface area contributed by atoms with Gasteiger partial charge in [-0.25, -0.2) is 4.98 Å². The summed E-state index contributed by atoms with van der Waals surface area (Å²) in [5.74, 6) is 1.57. The fourth-order valence-electron chi connectivity index (χ4n) is 4.33. The largest absolute Gasteiger partial charge is 0.312 e. The molecule has 1 N–H and O–H groups in total. The number of nitrogens with one attached hydrogen (secondary N) is 1. The SMILES string of the molecule is O=c1[nH]c(CN2C[C@H]3C[C@@H](C2)c2cccc(=O)n2C3)nc2ccsc12. The van der Waals surface area contributed by atoms with Crippen LogP contribution in [-0.2, 0) is 13.1 Å². The number of rotatable bonds is 2. The van der Waals surface area contributed by atoms with Crippen LogP contribution in [-0.4, -0.2) is 32.5 Å². The second-order valence-corrected chi connectivity index (χ2v) is 7.96. The van der Waals surface area contributed by atoms with E-state index in [1.54, 1.807) is 6.07 Å². The monoisotopic (exact) mass is 354 g/mol. The number of hydrogen-bond donors (Lipinski definition) is 1. The molecule has 6 nitrogen and oxygen atoms in total. The first-order chi connectivity index (χ1) is 12.2. The van der Waals surface area contributed by atoms with Gasteiger partial charge in [0.1, 0.15) is 10.5 Å². The van der Waals surface area contributed by atoms with Crippen molar-refractivity contribution in [1.29, 1.82) is 0 Å². The summed E-state index contributed by atoms with van der Waals surface area (Å²) < 4.78 is 2.63. The summed E-state index contributed by atoms with van der Waals surface area (Å²) in [5.41, 5.74) is 1.97. The molecule has 2 aliphatic rings. The van der Waals surface area contributed by atoms with Gasteiger partial charge in [0, 0.05) is 37.3 Å². The first-order valence-corrected chi connectivity index (χ1v) is 9.44. The van der Waals surface area contributed by atoms with Crippen LogP contribution in [0.4, 0.5) is 0 Å². The molecule has 25 heavy (non-hydrogen) atoms. The Labute approximate surface area is 147 Å². The van der Waals surface area contributed by atoms with Crippen molar-refractivity contribution in [3.63, 3.8) is 0 Å². The minimum atomic E-state index is -0.0518. The van der Waals surface area contributed by atoms with Crippen molar-refractivity contribution < 1.29 is 0 Å². The zero-order valence-electron chi connectivity index (χ0n) is 13.6. The van der Waals surface area contributed by atoms with Crippen LogP contribution in [0.2, 0.25) is 0 Å². The van der Waals surface area contributed by atoms with E-state index >= 15 is 0 Å². The third kappa shape index (κ3) is 2.54. The van der Waals surface area contributed by atoms with Crippen LogP contribution in [0.1, 0.15) is 23.9 Å². The number of piperidine rings is 1. The van der Waals surface area contributed by atoms with Crippen LogP contribution in [0, 0.1) is 5.92 Å². The second-order valence-electron chi connectivity index (χ2n) is 7.04. The summed E-state index contributed by atoms with van der Waals surface area (Å²) in [5, 5.41) is 1.90. The van der Waals surface area contributed by atoms with Gasteiger partial charge in [-0.2, -0.15) is 0 Å². The van der Waals surface area contributed by atoms with Gasteiger partial charge in [0.2, 0.25) is 0 Å².